The second-order valence-corrected chi connectivity index (χ2v) is 5.77. The third-order valence-corrected chi connectivity index (χ3v) is 3.48. The Morgan fingerprint density at radius 2 is 1.61 bits per heavy atom. The lowest BCUT2D eigenvalue weighted by Crippen LogP contribution is -2.55. The van der Waals surface area contributed by atoms with Gasteiger partial charge in [0.1, 0.15) is 0 Å². The first kappa shape index (κ1) is 15.3. The van der Waals surface area contributed by atoms with Gasteiger partial charge >= 0.3 is 5.97 Å². The smallest absolute Gasteiger partial charge is 0.350 e. The van der Waals surface area contributed by atoms with Crippen molar-refractivity contribution in [2.24, 2.45) is 17.8 Å². The van der Waals surface area contributed by atoms with Gasteiger partial charge in [-0.1, -0.05) is 20.8 Å². The minimum absolute atomic E-state index is 0.0958. The van der Waals surface area contributed by atoms with Crippen molar-refractivity contribution in [3.05, 3.63) is 0 Å². The molecule has 18 heavy (non-hydrogen) atoms. The lowest BCUT2D eigenvalue weighted by atomic mass is 9.82. The summed E-state index contributed by atoms with van der Waals surface area (Å²) in [4.78, 5) is 11.1. The molecular formula is C13H21F3O2. The summed E-state index contributed by atoms with van der Waals surface area (Å²) in [5, 5.41) is 0. The van der Waals surface area contributed by atoms with E-state index in [0.717, 1.165) is 13.0 Å². The molecule has 0 saturated heterocycles. The van der Waals surface area contributed by atoms with Crippen LogP contribution < -0.4 is 0 Å². The van der Waals surface area contributed by atoms with Gasteiger partial charge in [0.15, 0.2) is 0 Å². The van der Waals surface area contributed by atoms with Crippen LogP contribution in [0.5, 0.6) is 0 Å². The summed E-state index contributed by atoms with van der Waals surface area (Å²) in [5.41, 5.74) is -3.08. The molecule has 2 saturated carbocycles. The molecule has 0 heterocycles. The maximum atomic E-state index is 14.0. The van der Waals surface area contributed by atoms with E-state index in [4.69, 9.17) is 0 Å². The number of hydrogen-bond donors (Lipinski definition) is 0. The van der Waals surface area contributed by atoms with Crippen molar-refractivity contribution in [2.45, 2.75) is 51.6 Å². The first-order chi connectivity index (χ1) is 8.17. The normalized spacial score (nSPS) is 36.2. The van der Waals surface area contributed by atoms with Crippen molar-refractivity contribution < 1.29 is 22.7 Å². The second kappa shape index (κ2) is 5.10. The highest BCUT2D eigenvalue weighted by molar-refractivity contribution is 5.82. The van der Waals surface area contributed by atoms with Crippen molar-refractivity contribution in [3.63, 3.8) is 0 Å². The Hall–Kier alpha value is -0.740. The maximum Gasteiger partial charge on any atom is 0.350 e. The monoisotopic (exact) mass is 266 g/mol. The first-order valence-corrected chi connectivity index (χ1v) is 6.33. The SMILES string of the molecule is CC(C)C.COC(=O)C1(F)C2CCC(C2)C1(F)F. The average molecular weight is 266 g/mol. The third-order valence-electron chi connectivity index (χ3n) is 3.48. The summed E-state index contributed by atoms with van der Waals surface area (Å²) in [5.74, 6) is -6.00. The van der Waals surface area contributed by atoms with Gasteiger partial charge < -0.3 is 4.74 Å². The van der Waals surface area contributed by atoms with Crippen LogP contribution in [0.15, 0.2) is 0 Å². The molecule has 2 fully saturated rings. The number of carbonyl (C=O) groups excluding carboxylic acids is 1. The zero-order valence-electron chi connectivity index (χ0n) is 11.3. The van der Waals surface area contributed by atoms with Crippen LogP contribution in [0.2, 0.25) is 0 Å². The number of alkyl halides is 3. The number of ether oxygens (including phenoxy) is 1. The lowest BCUT2D eigenvalue weighted by molar-refractivity contribution is -0.201. The number of esters is 1. The van der Waals surface area contributed by atoms with E-state index in [9.17, 15) is 18.0 Å². The summed E-state index contributed by atoms with van der Waals surface area (Å²) < 4.78 is 45.0. The minimum Gasteiger partial charge on any atom is -0.466 e. The molecule has 2 nitrogen and oxygen atoms in total. The molecule has 5 heteroatoms. The molecule has 0 N–H and O–H groups in total. The van der Waals surface area contributed by atoms with E-state index < -0.39 is 29.4 Å². The van der Waals surface area contributed by atoms with Crippen molar-refractivity contribution in [1.29, 1.82) is 0 Å². The van der Waals surface area contributed by atoms with Gasteiger partial charge in [0.25, 0.3) is 11.6 Å². The molecular weight excluding hydrogens is 245 g/mol. The molecule has 0 aromatic rings. The van der Waals surface area contributed by atoms with Crippen LogP contribution in [0.25, 0.3) is 0 Å². The predicted molar refractivity (Wildman–Crippen MR) is 62.1 cm³/mol. The van der Waals surface area contributed by atoms with Crippen LogP contribution in [0, 0.1) is 17.8 Å². The molecule has 2 rings (SSSR count). The molecule has 2 aliphatic carbocycles. The molecule has 106 valence electrons. The molecule has 2 aliphatic rings. The second-order valence-electron chi connectivity index (χ2n) is 5.77. The fourth-order valence-corrected chi connectivity index (χ4v) is 2.69. The van der Waals surface area contributed by atoms with Gasteiger partial charge in [-0.05, 0) is 25.2 Å². The molecule has 0 aromatic carbocycles. The van der Waals surface area contributed by atoms with Gasteiger partial charge in [0, 0.05) is 11.8 Å². The Bertz CT molecular complexity index is 315. The van der Waals surface area contributed by atoms with Crippen molar-refractivity contribution in [2.75, 3.05) is 7.11 Å². The summed E-state index contributed by atoms with van der Waals surface area (Å²) in [6, 6.07) is 0. The molecule has 0 radical (unpaired) electrons. The first-order valence-electron chi connectivity index (χ1n) is 6.33. The summed E-state index contributed by atoms with van der Waals surface area (Å²) in [6.45, 7) is 6.50. The molecule has 0 spiro atoms. The van der Waals surface area contributed by atoms with E-state index in [1.807, 2.05) is 0 Å². The van der Waals surface area contributed by atoms with Crippen molar-refractivity contribution in [1.82, 2.24) is 0 Å². The van der Waals surface area contributed by atoms with Crippen LogP contribution in [-0.2, 0) is 9.53 Å². The highest BCUT2D eigenvalue weighted by Crippen LogP contribution is 2.61. The average Bonchev–Trinajstić information content (AvgIpc) is 2.80. The highest BCUT2D eigenvalue weighted by atomic mass is 19.3. The van der Waals surface area contributed by atoms with Crippen LogP contribution in [0.3, 0.4) is 0 Å². The predicted octanol–water partition coefficient (Wildman–Crippen LogP) is 3.60. The van der Waals surface area contributed by atoms with Crippen LogP contribution >= 0.6 is 0 Å². The quantitative estimate of drug-likeness (QED) is 0.678. The number of fused-ring (bicyclic) bond motifs is 2. The Morgan fingerprint density at radius 1 is 1.17 bits per heavy atom. The highest BCUT2D eigenvalue weighted by Gasteiger charge is 2.75. The van der Waals surface area contributed by atoms with Gasteiger partial charge in [-0.3, -0.25) is 0 Å². The molecule has 0 aromatic heterocycles. The van der Waals surface area contributed by atoms with Gasteiger partial charge in [0.05, 0.1) is 7.11 Å². The fourth-order valence-electron chi connectivity index (χ4n) is 2.69. The van der Waals surface area contributed by atoms with E-state index in [-0.39, 0.29) is 6.42 Å². The Balaban J connectivity index is 0.000000357. The number of hydrogen-bond acceptors (Lipinski definition) is 2. The molecule has 3 unspecified atom stereocenters. The number of halogens is 3. The van der Waals surface area contributed by atoms with Gasteiger partial charge in [0.2, 0.25) is 0 Å². The topological polar surface area (TPSA) is 26.3 Å². The lowest BCUT2D eigenvalue weighted by Gasteiger charge is -2.34. The zero-order chi connectivity index (χ0) is 14.1. The van der Waals surface area contributed by atoms with E-state index in [2.05, 4.69) is 25.5 Å². The Morgan fingerprint density at radius 3 is 1.94 bits per heavy atom. The van der Waals surface area contributed by atoms with E-state index in [1.165, 1.54) is 0 Å². The summed E-state index contributed by atoms with van der Waals surface area (Å²) >= 11 is 0. The standard InChI is InChI=1S/C9H11F3O2.C4H10/c1-14-7(13)8(10)5-2-3-6(4-5)9(8,11)12;1-4(2)3/h5-6H,2-4H2,1H3;4H,1-3H3. The molecule has 0 amide bonds. The maximum absolute atomic E-state index is 14.0. The summed E-state index contributed by atoms with van der Waals surface area (Å²) in [7, 11) is 0.936. The minimum atomic E-state index is -3.55. The van der Waals surface area contributed by atoms with E-state index in [1.54, 1.807) is 0 Å². The summed E-state index contributed by atoms with van der Waals surface area (Å²) in [6.07, 6.45) is 0.755. The number of carbonyl (C=O) groups is 1. The molecule has 2 bridgehead atoms. The van der Waals surface area contributed by atoms with Gasteiger partial charge in [-0.15, -0.1) is 0 Å². The van der Waals surface area contributed by atoms with E-state index in [0.29, 0.717) is 12.8 Å². The van der Waals surface area contributed by atoms with Crippen LogP contribution in [-0.4, -0.2) is 24.7 Å². The zero-order valence-corrected chi connectivity index (χ0v) is 11.3. The van der Waals surface area contributed by atoms with Crippen LogP contribution in [0.4, 0.5) is 13.2 Å². The Kier molecular flexibility index (Phi) is 4.34. The van der Waals surface area contributed by atoms with E-state index >= 15 is 0 Å². The van der Waals surface area contributed by atoms with Crippen molar-refractivity contribution in [3.8, 4) is 0 Å². The Labute approximate surface area is 106 Å². The van der Waals surface area contributed by atoms with Crippen molar-refractivity contribution >= 4 is 5.97 Å². The van der Waals surface area contributed by atoms with Gasteiger partial charge in [-0.2, -0.15) is 0 Å². The molecule has 3 atom stereocenters. The number of rotatable bonds is 1. The van der Waals surface area contributed by atoms with Crippen LogP contribution in [0.1, 0.15) is 40.0 Å². The largest absolute Gasteiger partial charge is 0.466 e. The molecule has 0 aliphatic heterocycles. The number of methoxy groups -OCH3 is 1. The fraction of sp³-hybridized carbons (Fsp3) is 0.923. The third kappa shape index (κ3) is 2.24. The van der Waals surface area contributed by atoms with Gasteiger partial charge in [-0.25, -0.2) is 18.0 Å².